The molecule has 62 valence electrons. The second kappa shape index (κ2) is 2.72. The second-order valence-electron chi connectivity index (χ2n) is 4.00. The quantitative estimate of drug-likeness (QED) is 0.635. The van der Waals surface area contributed by atoms with Crippen molar-refractivity contribution < 1.29 is 0 Å². The van der Waals surface area contributed by atoms with Crippen molar-refractivity contribution in [1.29, 1.82) is 0 Å². The van der Waals surface area contributed by atoms with E-state index in [1.807, 2.05) is 0 Å². The summed E-state index contributed by atoms with van der Waals surface area (Å²) in [6, 6.07) is 4.35. The van der Waals surface area contributed by atoms with E-state index in [2.05, 4.69) is 44.8 Å². The van der Waals surface area contributed by atoms with Gasteiger partial charge in [-0.3, -0.25) is 0 Å². The third-order valence-corrected chi connectivity index (χ3v) is 1.94. The Morgan fingerprint density at radius 3 is 2.18 bits per heavy atom. The van der Waals surface area contributed by atoms with Crippen LogP contribution in [-0.4, -0.2) is 4.98 Å². The molecule has 1 aromatic rings. The standard InChI is InChI=1S/C10H17N/c1-5-8-6-7-9(11-8)10(2,3)4/h6-7,11H,5H2,1-4H3. The van der Waals surface area contributed by atoms with Crippen molar-refractivity contribution in [1.82, 2.24) is 4.98 Å². The number of hydrogen-bond acceptors (Lipinski definition) is 0. The first kappa shape index (κ1) is 8.38. The molecule has 1 heterocycles. The topological polar surface area (TPSA) is 15.8 Å². The lowest BCUT2D eigenvalue weighted by Gasteiger charge is -2.15. The molecule has 0 amide bonds. The van der Waals surface area contributed by atoms with Gasteiger partial charge < -0.3 is 4.98 Å². The lowest BCUT2D eigenvalue weighted by atomic mass is 9.93. The number of nitrogens with one attached hydrogen (secondary N) is 1. The van der Waals surface area contributed by atoms with Crippen molar-refractivity contribution in [3.8, 4) is 0 Å². The smallest absolute Gasteiger partial charge is 0.0203 e. The Bertz CT molecular complexity index is 227. The fourth-order valence-electron chi connectivity index (χ4n) is 1.08. The Balaban J connectivity index is 2.89. The first-order chi connectivity index (χ1) is 5.04. The number of aromatic amines is 1. The molecule has 0 unspecified atom stereocenters. The molecule has 1 aromatic heterocycles. The van der Waals surface area contributed by atoms with Crippen molar-refractivity contribution in [2.24, 2.45) is 0 Å². The van der Waals surface area contributed by atoms with E-state index in [4.69, 9.17) is 0 Å². The average molecular weight is 151 g/mol. The number of aryl methyl sites for hydroxylation is 1. The first-order valence-electron chi connectivity index (χ1n) is 4.22. The van der Waals surface area contributed by atoms with Crippen LogP contribution in [0.15, 0.2) is 12.1 Å². The summed E-state index contributed by atoms with van der Waals surface area (Å²) < 4.78 is 0. The van der Waals surface area contributed by atoms with Crippen LogP contribution in [0.1, 0.15) is 39.1 Å². The van der Waals surface area contributed by atoms with Gasteiger partial charge in [-0.15, -0.1) is 0 Å². The van der Waals surface area contributed by atoms with Gasteiger partial charge in [0.1, 0.15) is 0 Å². The van der Waals surface area contributed by atoms with E-state index in [9.17, 15) is 0 Å². The summed E-state index contributed by atoms with van der Waals surface area (Å²) >= 11 is 0. The molecule has 0 aliphatic rings. The lowest BCUT2D eigenvalue weighted by molar-refractivity contribution is 0.571. The molecule has 0 bridgehead atoms. The van der Waals surface area contributed by atoms with E-state index >= 15 is 0 Å². The minimum absolute atomic E-state index is 0.257. The van der Waals surface area contributed by atoms with Crippen molar-refractivity contribution in [3.05, 3.63) is 23.5 Å². The number of hydrogen-bond donors (Lipinski definition) is 1. The highest BCUT2D eigenvalue weighted by molar-refractivity contribution is 5.19. The van der Waals surface area contributed by atoms with Gasteiger partial charge in [0.2, 0.25) is 0 Å². The molecule has 0 saturated heterocycles. The molecule has 0 aliphatic carbocycles. The molecule has 1 nitrogen and oxygen atoms in total. The van der Waals surface area contributed by atoms with Crippen LogP contribution in [0.4, 0.5) is 0 Å². The van der Waals surface area contributed by atoms with Crippen LogP contribution in [-0.2, 0) is 11.8 Å². The van der Waals surface area contributed by atoms with Crippen LogP contribution in [0, 0.1) is 0 Å². The summed E-state index contributed by atoms with van der Waals surface area (Å²) in [6.45, 7) is 8.83. The predicted octanol–water partition coefficient (Wildman–Crippen LogP) is 2.87. The zero-order chi connectivity index (χ0) is 8.48. The largest absolute Gasteiger partial charge is 0.362 e. The molecule has 0 aromatic carbocycles. The molecular formula is C10H17N. The Labute approximate surface area is 68.8 Å². The summed E-state index contributed by atoms with van der Waals surface area (Å²) in [7, 11) is 0. The molecule has 11 heavy (non-hydrogen) atoms. The second-order valence-corrected chi connectivity index (χ2v) is 4.00. The zero-order valence-corrected chi connectivity index (χ0v) is 7.86. The highest BCUT2D eigenvalue weighted by Gasteiger charge is 2.14. The molecule has 0 saturated carbocycles. The lowest BCUT2D eigenvalue weighted by Crippen LogP contribution is -2.11. The Morgan fingerprint density at radius 2 is 1.91 bits per heavy atom. The van der Waals surface area contributed by atoms with E-state index in [1.165, 1.54) is 11.4 Å². The van der Waals surface area contributed by atoms with Gasteiger partial charge >= 0.3 is 0 Å². The molecule has 1 rings (SSSR count). The van der Waals surface area contributed by atoms with Gasteiger partial charge in [0.25, 0.3) is 0 Å². The van der Waals surface area contributed by atoms with Gasteiger partial charge in [0, 0.05) is 16.8 Å². The average Bonchev–Trinajstić information content (AvgIpc) is 2.32. The predicted molar refractivity (Wildman–Crippen MR) is 48.9 cm³/mol. The van der Waals surface area contributed by atoms with E-state index in [1.54, 1.807) is 0 Å². The Hall–Kier alpha value is -0.720. The molecule has 0 fully saturated rings. The van der Waals surface area contributed by atoms with E-state index < -0.39 is 0 Å². The van der Waals surface area contributed by atoms with Gasteiger partial charge in [0.15, 0.2) is 0 Å². The van der Waals surface area contributed by atoms with Gasteiger partial charge in [-0.1, -0.05) is 27.7 Å². The number of H-pyrrole nitrogens is 1. The highest BCUT2D eigenvalue weighted by atomic mass is 14.7. The van der Waals surface area contributed by atoms with Crippen LogP contribution in [0.3, 0.4) is 0 Å². The van der Waals surface area contributed by atoms with Gasteiger partial charge in [-0.25, -0.2) is 0 Å². The molecule has 0 spiro atoms. The first-order valence-corrected chi connectivity index (χ1v) is 4.22. The maximum absolute atomic E-state index is 3.40. The molecule has 0 aliphatic heterocycles. The minimum Gasteiger partial charge on any atom is -0.362 e. The van der Waals surface area contributed by atoms with Crippen molar-refractivity contribution >= 4 is 0 Å². The summed E-state index contributed by atoms with van der Waals surface area (Å²) in [5, 5.41) is 0. The van der Waals surface area contributed by atoms with E-state index in [-0.39, 0.29) is 5.41 Å². The molecular weight excluding hydrogens is 134 g/mol. The fourth-order valence-corrected chi connectivity index (χ4v) is 1.08. The van der Waals surface area contributed by atoms with Crippen LogP contribution in [0.5, 0.6) is 0 Å². The Morgan fingerprint density at radius 1 is 1.27 bits per heavy atom. The zero-order valence-electron chi connectivity index (χ0n) is 7.86. The normalized spacial score (nSPS) is 12.0. The van der Waals surface area contributed by atoms with Gasteiger partial charge in [-0.2, -0.15) is 0 Å². The van der Waals surface area contributed by atoms with Crippen molar-refractivity contribution in [2.75, 3.05) is 0 Å². The minimum atomic E-state index is 0.257. The van der Waals surface area contributed by atoms with Gasteiger partial charge in [-0.05, 0) is 18.6 Å². The fraction of sp³-hybridized carbons (Fsp3) is 0.600. The third kappa shape index (κ3) is 1.86. The van der Waals surface area contributed by atoms with E-state index in [0.29, 0.717) is 0 Å². The SMILES string of the molecule is CCc1ccc(C(C)(C)C)[nH]1. The molecule has 0 radical (unpaired) electrons. The van der Waals surface area contributed by atoms with Crippen LogP contribution >= 0.6 is 0 Å². The highest BCUT2D eigenvalue weighted by Crippen LogP contribution is 2.20. The van der Waals surface area contributed by atoms with Crippen LogP contribution in [0.2, 0.25) is 0 Å². The van der Waals surface area contributed by atoms with E-state index in [0.717, 1.165) is 6.42 Å². The molecule has 1 heteroatoms. The summed E-state index contributed by atoms with van der Waals surface area (Å²) in [4.78, 5) is 3.40. The monoisotopic (exact) mass is 151 g/mol. The summed E-state index contributed by atoms with van der Waals surface area (Å²) in [6.07, 6.45) is 1.09. The maximum Gasteiger partial charge on any atom is 0.0203 e. The third-order valence-electron chi connectivity index (χ3n) is 1.94. The van der Waals surface area contributed by atoms with Crippen molar-refractivity contribution in [3.63, 3.8) is 0 Å². The maximum atomic E-state index is 3.40. The van der Waals surface area contributed by atoms with Crippen LogP contribution in [0.25, 0.3) is 0 Å². The van der Waals surface area contributed by atoms with Gasteiger partial charge in [0.05, 0.1) is 0 Å². The number of rotatable bonds is 1. The summed E-state index contributed by atoms with van der Waals surface area (Å²) in [5.74, 6) is 0. The Kier molecular flexibility index (Phi) is 2.08. The molecule has 0 atom stereocenters. The van der Waals surface area contributed by atoms with Crippen LogP contribution < -0.4 is 0 Å². The number of aromatic nitrogens is 1. The molecule has 1 N–H and O–H groups in total. The summed E-state index contributed by atoms with van der Waals surface area (Å²) in [5.41, 5.74) is 2.91. The van der Waals surface area contributed by atoms with Crippen molar-refractivity contribution in [2.45, 2.75) is 39.5 Å².